The van der Waals surface area contributed by atoms with Gasteiger partial charge in [0.25, 0.3) is 0 Å². The molecule has 128 valence electrons. The molecule has 1 aromatic carbocycles. The Labute approximate surface area is 140 Å². The molecule has 1 rings (SSSR count). The van der Waals surface area contributed by atoms with Gasteiger partial charge in [-0.2, -0.15) is 0 Å². The summed E-state index contributed by atoms with van der Waals surface area (Å²) < 4.78 is 0. The zero-order valence-corrected chi connectivity index (χ0v) is 15.3. The number of aryl methyl sites for hydroxylation is 1. The van der Waals surface area contributed by atoms with Gasteiger partial charge >= 0.3 is 0 Å². The van der Waals surface area contributed by atoms with Crippen molar-refractivity contribution in [3.8, 4) is 0 Å². The Hall–Kier alpha value is -1.84. The summed E-state index contributed by atoms with van der Waals surface area (Å²) in [5.74, 6) is -0.0984. The topological polar surface area (TPSA) is 49.4 Å². The van der Waals surface area contributed by atoms with Gasteiger partial charge in [0.1, 0.15) is 6.04 Å². The Morgan fingerprint density at radius 1 is 1.17 bits per heavy atom. The van der Waals surface area contributed by atoms with Crippen LogP contribution in [0, 0.1) is 6.92 Å². The van der Waals surface area contributed by atoms with Crippen molar-refractivity contribution in [2.24, 2.45) is 0 Å². The zero-order chi connectivity index (χ0) is 17.6. The Morgan fingerprint density at radius 2 is 1.74 bits per heavy atom. The first kappa shape index (κ1) is 19.2. The predicted molar refractivity (Wildman–Crippen MR) is 94.0 cm³/mol. The first-order valence-corrected chi connectivity index (χ1v) is 8.31. The van der Waals surface area contributed by atoms with Gasteiger partial charge in [-0.3, -0.25) is 9.59 Å². The average molecular weight is 318 g/mol. The molecule has 0 heterocycles. The minimum atomic E-state index is -0.491. The lowest BCUT2D eigenvalue weighted by atomic mass is 10.1. The molecule has 23 heavy (non-hydrogen) atoms. The minimum Gasteiger partial charge on any atom is -0.350 e. The van der Waals surface area contributed by atoms with E-state index >= 15 is 0 Å². The van der Waals surface area contributed by atoms with Gasteiger partial charge in [0.2, 0.25) is 11.8 Å². The summed E-state index contributed by atoms with van der Waals surface area (Å²) in [6, 6.07) is 7.58. The van der Waals surface area contributed by atoms with Crippen LogP contribution in [0.15, 0.2) is 24.3 Å². The number of carbonyl (C=O) groups is 2. The van der Waals surface area contributed by atoms with Crippen LogP contribution in [0.4, 0.5) is 0 Å². The van der Waals surface area contributed by atoms with Gasteiger partial charge in [-0.25, -0.2) is 0 Å². The number of nitrogens with zero attached hydrogens (tertiary/aromatic N) is 1. The third-order valence-electron chi connectivity index (χ3n) is 3.60. The van der Waals surface area contributed by atoms with Crippen LogP contribution in [-0.2, 0) is 16.1 Å². The van der Waals surface area contributed by atoms with Gasteiger partial charge in [0.15, 0.2) is 0 Å². The third-order valence-corrected chi connectivity index (χ3v) is 3.60. The first-order valence-electron chi connectivity index (χ1n) is 8.31. The molecular formula is C19H30N2O2. The first-order chi connectivity index (χ1) is 10.6. The molecule has 0 aromatic heterocycles. The van der Waals surface area contributed by atoms with Crippen LogP contribution in [-0.4, -0.2) is 28.3 Å². The van der Waals surface area contributed by atoms with Crippen molar-refractivity contribution in [1.29, 1.82) is 0 Å². The molecule has 0 saturated carbocycles. The molecule has 0 fully saturated rings. The van der Waals surface area contributed by atoms with Crippen LogP contribution in [0.2, 0.25) is 0 Å². The molecule has 0 saturated heterocycles. The standard InChI is InChI=1S/C19H30N2O2/c1-7-8-17(22)21(13-16-11-9-14(2)10-12-16)15(3)18(23)20-19(4,5)6/h9-12,15H,7-8,13H2,1-6H3,(H,20,23)/t15-/m0/s1. The lowest BCUT2D eigenvalue weighted by molar-refractivity contribution is -0.141. The molecule has 0 unspecified atom stereocenters. The summed E-state index contributed by atoms with van der Waals surface area (Å²) in [5.41, 5.74) is 1.91. The molecule has 0 aliphatic carbocycles. The van der Waals surface area contributed by atoms with Crippen molar-refractivity contribution in [2.75, 3.05) is 0 Å². The molecule has 1 N–H and O–H groups in total. The lowest BCUT2D eigenvalue weighted by Crippen LogP contribution is -2.52. The molecule has 0 spiro atoms. The molecule has 1 aromatic rings. The SMILES string of the molecule is CCCC(=O)N(Cc1ccc(C)cc1)[C@@H](C)C(=O)NC(C)(C)C. The van der Waals surface area contributed by atoms with Gasteiger partial charge in [0, 0.05) is 18.5 Å². The fourth-order valence-electron chi connectivity index (χ4n) is 2.30. The summed E-state index contributed by atoms with van der Waals surface area (Å²) in [5, 5.41) is 2.96. The largest absolute Gasteiger partial charge is 0.350 e. The van der Waals surface area contributed by atoms with E-state index in [0.717, 1.165) is 12.0 Å². The van der Waals surface area contributed by atoms with Crippen molar-refractivity contribution in [1.82, 2.24) is 10.2 Å². The molecular weight excluding hydrogens is 288 g/mol. The highest BCUT2D eigenvalue weighted by molar-refractivity contribution is 5.87. The van der Waals surface area contributed by atoms with Crippen LogP contribution in [0.1, 0.15) is 58.6 Å². The normalized spacial score (nSPS) is 12.6. The van der Waals surface area contributed by atoms with Crippen LogP contribution in [0.5, 0.6) is 0 Å². The smallest absolute Gasteiger partial charge is 0.242 e. The summed E-state index contributed by atoms with van der Waals surface area (Å²) in [6.45, 7) is 12.1. The van der Waals surface area contributed by atoms with Gasteiger partial charge in [-0.05, 0) is 46.6 Å². The number of amides is 2. The lowest BCUT2D eigenvalue weighted by Gasteiger charge is -2.31. The molecule has 4 heteroatoms. The zero-order valence-electron chi connectivity index (χ0n) is 15.3. The number of rotatable bonds is 6. The second-order valence-corrected chi connectivity index (χ2v) is 7.17. The average Bonchev–Trinajstić information content (AvgIpc) is 2.44. The van der Waals surface area contributed by atoms with Crippen molar-refractivity contribution < 1.29 is 9.59 Å². The number of hydrogen-bond acceptors (Lipinski definition) is 2. The van der Waals surface area contributed by atoms with Gasteiger partial charge in [-0.1, -0.05) is 36.8 Å². The summed E-state index contributed by atoms with van der Waals surface area (Å²) in [6.07, 6.45) is 1.23. The van der Waals surface area contributed by atoms with Crippen LogP contribution < -0.4 is 5.32 Å². The maximum Gasteiger partial charge on any atom is 0.242 e. The second-order valence-electron chi connectivity index (χ2n) is 7.17. The monoisotopic (exact) mass is 318 g/mol. The van der Waals surface area contributed by atoms with E-state index in [9.17, 15) is 9.59 Å². The molecule has 0 aliphatic rings. The molecule has 0 radical (unpaired) electrons. The fourth-order valence-corrected chi connectivity index (χ4v) is 2.30. The van der Waals surface area contributed by atoms with Crippen molar-refractivity contribution >= 4 is 11.8 Å². The Bertz CT molecular complexity index is 529. The predicted octanol–water partition coefficient (Wildman–Crippen LogP) is 3.43. The van der Waals surface area contributed by atoms with Gasteiger partial charge < -0.3 is 10.2 Å². The molecule has 0 bridgehead atoms. The summed E-state index contributed by atoms with van der Waals surface area (Å²) >= 11 is 0. The van der Waals surface area contributed by atoms with Crippen molar-refractivity contribution in [3.05, 3.63) is 35.4 Å². The van der Waals surface area contributed by atoms with Crippen LogP contribution in [0.3, 0.4) is 0 Å². The highest BCUT2D eigenvalue weighted by Gasteiger charge is 2.27. The van der Waals surface area contributed by atoms with E-state index in [-0.39, 0.29) is 17.4 Å². The van der Waals surface area contributed by atoms with Crippen molar-refractivity contribution in [3.63, 3.8) is 0 Å². The van der Waals surface area contributed by atoms with E-state index in [1.165, 1.54) is 5.56 Å². The van der Waals surface area contributed by atoms with E-state index < -0.39 is 6.04 Å². The second kappa shape index (κ2) is 8.14. The number of carbonyl (C=O) groups excluding carboxylic acids is 2. The highest BCUT2D eigenvalue weighted by atomic mass is 16.2. The molecule has 4 nitrogen and oxygen atoms in total. The molecule has 1 atom stereocenters. The number of hydrogen-bond donors (Lipinski definition) is 1. The number of benzene rings is 1. The third kappa shape index (κ3) is 6.43. The van der Waals surface area contributed by atoms with E-state index in [1.807, 2.05) is 58.9 Å². The maximum absolute atomic E-state index is 12.5. The van der Waals surface area contributed by atoms with E-state index in [0.29, 0.717) is 13.0 Å². The Morgan fingerprint density at radius 3 is 2.22 bits per heavy atom. The van der Waals surface area contributed by atoms with E-state index in [4.69, 9.17) is 0 Å². The fraction of sp³-hybridized carbons (Fsp3) is 0.579. The summed E-state index contributed by atoms with van der Waals surface area (Å²) in [4.78, 5) is 26.6. The van der Waals surface area contributed by atoms with Crippen LogP contribution >= 0.6 is 0 Å². The summed E-state index contributed by atoms with van der Waals surface area (Å²) in [7, 11) is 0. The Balaban J connectivity index is 2.93. The molecule has 2 amide bonds. The minimum absolute atomic E-state index is 0.0182. The van der Waals surface area contributed by atoms with E-state index in [2.05, 4.69) is 5.32 Å². The van der Waals surface area contributed by atoms with Crippen molar-refractivity contribution in [2.45, 2.75) is 72.5 Å². The Kier molecular flexibility index (Phi) is 6.79. The van der Waals surface area contributed by atoms with Gasteiger partial charge in [-0.15, -0.1) is 0 Å². The highest BCUT2D eigenvalue weighted by Crippen LogP contribution is 2.13. The maximum atomic E-state index is 12.5. The quantitative estimate of drug-likeness (QED) is 0.873. The van der Waals surface area contributed by atoms with E-state index in [1.54, 1.807) is 11.8 Å². The molecule has 0 aliphatic heterocycles. The van der Waals surface area contributed by atoms with Crippen LogP contribution in [0.25, 0.3) is 0 Å². The number of nitrogens with one attached hydrogen (secondary N) is 1. The van der Waals surface area contributed by atoms with Gasteiger partial charge in [0.05, 0.1) is 0 Å².